The number of hydrogen-bond donors (Lipinski definition) is 0. The lowest BCUT2D eigenvalue weighted by molar-refractivity contribution is 0.391. The highest BCUT2D eigenvalue weighted by molar-refractivity contribution is 7.98. The van der Waals surface area contributed by atoms with Crippen molar-refractivity contribution in [1.29, 1.82) is 0 Å². The zero-order chi connectivity index (χ0) is 15.5. The summed E-state index contributed by atoms with van der Waals surface area (Å²) in [7, 11) is 0. The van der Waals surface area contributed by atoms with Crippen LogP contribution in [0.2, 0.25) is 0 Å². The molecule has 0 radical (unpaired) electrons. The van der Waals surface area contributed by atoms with Gasteiger partial charge < -0.3 is 9.09 Å². The number of thioether (sulfide) groups is 1. The molecule has 0 fully saturated rings. The van der Waals surface area contributed by atoms with Gasteiger partial charge >= 0.3 is 0 Å². The quantitative estimate of drug-likeness (QED) is 0.671. The monoisotopic (exact) mass is 318 g/mol. The third kappa shape index (κ3) is 3.04. The van der Waals surface area contributed by atoms with Gasteiger partial charge in [-0.05, 0) is 25.5 Å². The van der Waals surface area contributed by atoms with Crippen molar-refractivity contribution in [2.45, 2.75) is 31.3 Å². The van der Waals surface area contributed by atoms with Crippen LogP contribution in [0.5, 0.6) is 0 Å². The number of halogens is 1. The Morgan fingerprint density at radius 2 is 2.23 bits per heavy atom. The van der Waals surface area contributed by atoms with Crippen molar-refractivity contribution in [3.05, 3.63) is 47.9 Å². The van der Waals surface area contributed by atoms with Crippen LogP contribution in [-0.2, 0) is 12.3 Å². The molecule has 5 nitrogen and oxygen atoms in total. The molecule has 0 saturated carbocycles. The maximum atomic E-state index is 13.6. The summed E-state index contributed by atoms with van der Waals surface area (Å²) in [6.45, 7) is 4.63. The zero-order valence-electron chi connectivity index (χ0n) is 12.3. The molecule has 114 valence electrons. The van der Waals surface area contributed by atoms with Crippen molar-refractivity contribution < 1.29 is 8.91 Å². The summed E-state index contributed by atoms with van der Waals surface area (Å²) >= 11 is 1.53. The third-order valence-electron chi connectivity index (χ3n) is 3.24. The number of hydrogen-bond acceptors (Lipinski definition) is 5. The molecule has 7 heteroatoms. The molecule has 0 unspecified atom stereocenters. The molecule has 0 aliphatic heterocycles. The molecule has 3 aromatic rings. The van der Waals surface area contributed by atoms with E-state index in [0.717, 1.165) is 11.7 Å². The van der Waals surface area contributed by atoms with E-state index in [1.54, 1.807) is 25.3 Å². The highest BCUT2D eigenvalue weighted by Gasteiger charge is 2.12. The number of aromatic nitrogens is 4. The van der Waals surface area contributed by atoms with Gasteiger partial charge in [0, 0.05) is 24.5 Å². The maximum absolute atomic E-state index is 13.6. The third-order valence-corrected chi connectivity index (χ3v) is 4.23. The summed E-state index contributed by atoms with van der Waals surface area (Å²) in [6, 6.07) is 4.90. The van der Waals surface area contributed by atoms with Gasteiger partial charge in [0.25, 0.3) is 0 Å². The van der Waals surface area contributed by atoms with Crippen LogP contribution >= 0.6 is 11.8 Å². The SMILES string of the molecule is CCn1ccnc1SCc1nc(-c2ccc(C)c(F)c2)no1. The minimum Gasteiger partial charge on any atom is -0.338 e. The molecule has 1 aromatic carbocycles. The minimum atomic E-state index is -0.275. The van der Waals surface area contributed by atoms with Gasteiger partial charge in [0.1, 0.15) is 5.82 Å². The molecule has 0 aliphatic carbocycles. The van der Waals surface area contributed by atoms with Crippen molar-refractivity contribution in [2.75, 3.05) is 0 Å². The van der Waals surface area contributed by atoms with Crippen LogP contribution in [0.4, 0.5) is 4.39 Å². The van der Waals surface area contributed by atoms with Crippen LogP contribution in [0.15, 0.2) is 40.3 Å². The van der Waals surface area contributed by atoms with Crippen molar-refractivity contribution in [1.82, 2.24) is 19.7 Å². The molecule has 0 aliphatic rings. The first-order valence-corrected chi connectivity index (χ1v) is 7.89. The van der Waals surface area contributed by atoms with E-state index < -0.39 is 0 Å². The van der Waals surface area contributed by atoms with Crippen molar-refractivity contribution >= 4 is 11.8 Å². The van der Waals surface area contributed by atoms with Gasteiger partial charge in [0.15, 0.2) is 5.16 Å². The van der Waals surface area contributed by atoms with E-state index in [2.05, 4.69) is 22.0 Å². The number of aryl methyl sites for hydroxylation is 2. The first-order valence-electron chi connectivity index (χ1n) is 6.90. The molecule has 0 bridgehead atoms. The summed E-state index contributed by atoms with van der Waals surface area (Å²) < 4.78 is 20.8. The average molecular weight is 318 g/mol. The van der Waals surface area contributed by atoms with Crippen LogP contribution < -0.4 is 0 Å². The topological polar surface area (TPSA) is 56.7 Å². The van der Waals surface area contributed by atoms with E-state index in [1.165, 1.54) is 17.8 Å². The summed E-state index contributed by atoms with van der Waals surface area (Å²) in [6.07, 6.45) is 3.69. The molecule has 22 heavy (non-hydrogen) atoms. The fourth-order valence-corrected chi connectivity index (χ4v) is 2.83. The van der Waals surface area contributed by atoms with E-state index in [4.69, 9.17) is 4.52 Å². The predicted molar refractivity (Wildman–Crippen MR) is 81.9 cm³/mol. The van der Waals surface area contributed by atoms with Gasteiger partial charge in [-0.1, -0.05) is 29.1 Å². The van der Waals surface area contributed by atoms with Gasteiger partial charge in [0.05, 0.1) is 5.75 Å². The van der Waals surface area contributed by atoms with E-state index in [9.17, 15) is 4.39 Å². The van der Waals surface area contributed by atoms with Gasteiger partial charge in [-0.25, -0.2) is 9.37 Å². The molecular weight excluding hydrogens is 303 g/mol. The average Bonchev–Trinajstić information content (AvgIpc) is 3.16. The number of rotatable bonds is 5. The van der Waals surface area contributed by atoms with Crippen LogP contribution in [0.25, 0.3) is 11.4 Å². The molecule has 0 atom stereocenters. The van der Waals surface area contributed by atoms with E-state index in [1.807, 2.05) is 10.8 Å². The Bertz CT molecular complexity index is 783. The Morgan fingerprint density at radius 3 is 3.00 bits per heavy atom. The fourth-order valence-electron chi connectivity index (χ4n) is 1.97. The van der Waals surface area contributed by atoms with Crippen LogP contribution in [0.1, 0.15) is 18.4 Å². The Morgan fingerprint density at radius 1 is 1.36 bits per heavy atom. The van der Waals surface area contributed by atoms with Crippen LogP contribution in [0, 0.1) is 12.7 Å². The summed E-state index contributed by atoms with van der Waals surface area (Å²) in [5.41, 5.74) is 1.20. The van der Waals surface area contributed by atoms with Crippen LogP contribution in [0.3, 0.4) is 0 Å². The standard InChI is InChI=1S/C15H15FN4OS/c1-3-20-7-6-17-15(20)22-9-13-18-14(19-21-13)11-5-4-10(2)12(16)8-11/h4-8H,3,9H2,1-2H3. The second kappa shape index (κ2) is 6.31. The first-order chi connectivity index (χ1) is 10.7. The Kier molecular flexibility index (Phi) is 4.24. The molecule has 0 amide bonds. The largest absolute Gasteiger partial charge is 0.338 e. The second-order valence-corrected chi connectivity index (χ2v) is 5.70. The first kappa shape index (κ1) is 14.8. The lowest BCUT2D eigenvalue weighted by atomic mass is 10.1. The molecule has 0 N–H and O–H groups in total. The summed E-state index contributed by atoms with van der Waals surface area (Å²) in [4.78, 5) is 8.58. The summed E-state index contributed by atoms with van der Waals surface area (Å²) in [5, 5.41) is 4.81. The number of benzene rings is 1. The van der Waals surface area contributed by atoms with Gasteiger partial charge in [0.2, 0.25) is 11.7 Å². The Balaban J connectivity index is 1.72. The van der Waals surface area contributed by atoms with E-state index >= 15 is 0 Å². The lowest BCUT2D eigenvalue weighted by Gasteiger charge is -2.01. The highest BCUT2D eigenvalue weighted by atomic mass is 32.2. The summed E-state index contributed by atoms with van der Waals surface area (Å²) in [5.74, 6) is 1.14. The molecule has 0 spiro atoms. The van der Waals surface area contributed by atoms with Crippen molar-refractivity contribution in [2.24, 2.45) is 0 Å². The Hall–Kier alpha value is -2.15. The highest BCUT2D eigenvalue weighted by Crippen LogP contribution is 2.23. The van der Waals surface area contributed by atoms with E-state index in [-0.39, 0.29) is 5.82 Å². The molecule has 2 aromatic heterocycles. The number of imidazole rings is 1. The van der Waals surface area contributed by atoms with Crippen LogP contribution in [-0.4, -0.2) is 19.7 Å². The number of nitrogens with zero attached hydrogens (tertiary/aromatic N) is 4. The van der Waals surface area contributed by atoms with Crippen molar-refractivity contribution in [3.63, 3.8) is 0 Å². The van der Waals surface area contributed by atoms with Gasteiger partial charge in [-0.15, -0.1) is 0 Å². The normalized spacial score (nSPS) is 11.0. The molecule has 2 heterocycles. The fraction of sp³-hybridized carbons (Fsp3) is 0.267. The van der Waals surface area contributed by atoms with Gasteiger partial charge in [-0.3, -0.25) is 0 Å². The zero-order valence-corrected chi connectivity index (χ0v) is 13.1. The predicted octanol–water partition coefficient (Wildman–Crippen LogP) is 3.69. The lowest BCUT2D eigenvalue weighted by Crippen LogP contribution is -1.94. The van der Waals surface area contributed by atoms with Gasteiger partial charge in [-0.2, -0.15) is 4.98 Å². The minimum absolute atomic E-state index is 0.275. The maximum Gasteiger partial charge on any atom is 0.237 e. The molecule has 0 saturated heterocycles. The van der Waals surface area contributed by atoms with Crippen molar-refractivity contribution in [3.8, 4) is 11.4 Å². The molecular formula is C15H15FN4OS. The van der Waals surface area contributed by atoms with E-state index in [0.29, 0.717) is 28.6 Å². The molecule has 3 rings (SSSR count). The Labute approximate surface area is 131 Å². The smallest absolute Gasteiger partial charge is 0.237 e. The second-order valence-electron chi connectivity index (χ2n) is 4.76.